The Morgan fingerprint density at radius 3 is 2.70 bits per heavy atom. The number of rotatable bonds is 7. The van der Waals surface area contributed by atoms with Gasteiger partial charge in [0, 0.05) is 31.9 Å². The number of ether oxygens (including phenoxy) is 2. The fourth-order valence-corrected chi connectivity index (χ4v) is 2.92. The molecule has 1 saturated heterocycles. The first-order valence-electron chi connectivity index (χ1n) is 7.75. The summed E-state index contributed by atoms with van der Waals surface area (Å²) in [4.78, 5) is 2.56. The van der Waals surface area contributed by atoms with Gasteiger partial charge in [-0.2, -0.15) is 0 Å². The minimum Gasteiger partial charge on any atom is -0.496 e. The van der Waals surface area contributed by atoms with Crippen LogP contribution >= 0.6 is 0 Å². The molecule has 0 N–H and O–H groups in total. The fraction of sp³-hybridized carbons (Fsp3) is 0.647. The molecule has 1 aliphatic rings. The van der Waals surface area contributed by atoms with Crippen molar-refractivity contribution in [3.05, 3.63) is 29.8 Å². The topological polar surface area (TPSA) is 21.7 Å². The van der Waals surface area contributed by atoms with Crippen molar-refractivity contribution in [3.63, 3.8) is 0 Å². The van der Waals surface area contributed by atoms with E-state index in [1.807, 2.05) is 12.1 Å². The molecule has 0 saturated carbocycles. The maximum atomic E-state index is 5.47. The summed E-state index contributed by atoms with van der Waals surface area (Å²) in [7, 11) is 1.75. The lowest BCUT2D eigenvalue weighted by molar-refractivity contribution is 0.0513. The highest BCUT2D eigenvalue weighted by atomic mass is 16.5. The monoisotopic (exact) mass is 277 g/mol. The first-order valence-corrected chi connectivity index (χ1v) is 7.75. The van der Waals surface area contributed by atoms with E-state index >= 15 is 0 Å². The molecule has 0 unspecified atom stereocenters. The van der Waals surface area contributed by atoms with Crippen LogP contribution in [0.15, 0.2) is 24.3 Å². The number of benzene rings is 1. The van der Waals surface area contributed by atoms with Crippen LogP contribution in [0.1, 0.15) is 31.7 Å². The molecule has 112 valence electrons. The van der Waals surface area contributed by atoms with Gasteiger partial charge in [0.1, 0.15) is 5.75 Å². The van der Waals surface area contributed by atoms with E-state index in [1.165, 1.54) is 31.4 Å². The lowest BCUT2D eigenvalue weighted by Gasteiger charge is -2.30. The predicted molar refractivity (Wildman–Crippen MR) is 82.1 cm³/mol. The van der Waals surface area contributed by atoms with E-state index in [4.69, 9.17) is 9.47 Å². The second-order valence-electron chi connectivity index (χ2n) is 5.60. The van der Waals surface area contributed by atoms with Crippen LogP contribution in [0, 0.1) is 5.92 Å². The maximum absolute atomic E-state index is 5.47. The Morgan fingerprint density at radius 2 is 2.00 bits per heavy atom. The summed E-state index contributed by atoms with van der Waals surface area (Å²) in [5, 5.41) is 0. The zero-order valence-electron chi connectivity index (χ0n) is 12.8. The quantitative estimate of drug-likeness (QED) is 0.763. The van der Waals surface area contributed by atoms with Gasteiger partial charge in [0.15, 0.2) is 0 Å². The zero-order valence-corrected chi connectivity index (χ0v) is 12.8. The van der Waals surface area contributed by atoms with E-state index < -0.39 is 0 Å². The van der Waals surface area contributed by atoms with Gasteiger partial charge in [-0.1, -0.05) is 25.1 Å². The van der Waals surface area contributed by atoms with Crippen molar-refractivity contribution in [2.24, 2.45) is 5.92 Å². The SMILES string of the molecule is CCCN(Cc1ccccc1OC)CC1CCOCC1. The van der Waals surface area contributed by atoms with Crippen LogP contribution in [-0.2, 0) is 11.3 Å². The third-order valence-corrected chi connectivity index (χ3v) is 3.98. The van der Waals surface area contributed by atoms with Crippen molar-refractivity contribution < 1.29 is 9.47 Å². The summed E-state index contributed by atoms with van der Waals surface area (Å²) in [6, 6.07) is 8.35. The number of para-hydroxylation sites is 1. The van der Waals surface area contributed by atoms with Crippen molar-refractivity contribution in [1.29, 1.82) is 0 Å². The molecule has 1 fully saturated rings. The molecule has 0 aliphatic carbocycles. The van der Waals surface area contributed by atoms with Gasteiger partial charge >= 0.3 is 0 Å². The lowest BCUT2D eigenvalue weighted by atomic mass is 9.99. The first-order chi connectivity index (χ1) is 9.83. The summed E-state index contributed by atoms with van der Waals surface area (Å²) < 4.78 is 10.9. The molecule has 0 spiro atoms. The van der Waals surface area contributed by atoms with Crippen LogP contribution in [0.25, 0.3) is 0 Å². The van der Waals surface area contributed by atoms with Crippen molar-refractivity contribution in [2.45, 2.75) is 32.7 Å². The van der Waals surface area contributed by atoms with Gasteiger partial charge in [0.2, 0.25) is 0 Å². The second kappa shape index (κ2) is 8.28. The number of hydrogen-bond acceptors (Lipinski definition) is 3. The van der Waals surface area contributed by atoms with Gasteiger partial charge in [0.25, 0.3) is 0 Å². The van der Waals surface area contributed by atoms with Crippen LogP contribution in [0.4, 0.5) is 0 Å². The zero-order chi connectivity index (χ0) is 14.2. The third-order valence-electron chi connectivity index (χ3n) is 3.98. The van der Waals surface area contributed by atoms with E-state index in [2.05, 4.69) is 24.0 Å². The number of hydrogen-bond donors (Lipinski definition) is 0. The Balaban J connectivity index is 1.96. The summed E-state index contributed by atoms with van der Waals surface area (Å²) in [6.07, 6.45) is 3.59. The van der Waals surface area contributed by atoms with Crippen molar-refractivity contribution in [1.82, 2.24) is 4.90 Å². The van der Waals surface area contributed by atoms with Gasteiger partial charge in [0.05, 0.1) is 7.11 Å². The number of methoxy groups -OCH3 is 1. The smallest absolute Gasteiger partial charge is 0.123 e. The predicted octanol–water partition coefficient (Wildman–Crippen LogP) is 3.33. The van der Waals surface area contributed by atoms with Gasteiger partial charge in [-0.25, -0.2) is 0 Å². The summed E-state index contributed by atoms with van der Waals surface area (Å²) in [6.45, 7) is 7.41. The normalized spacial score (nSPS) is 16.6. The van der Waals surface area contributed by atoms with Gasteiger partial charge < -0.3 is 9.47 Å². The Hall–Kier alpha value is -1.06. The molecule has 3 heteroatoms. The van der Waals surface area contributed by atoms with Gasteiger partial charge in [-0.15, -0.1) is 0 Å². The molecule has 1 aliphatic heterocycles. The second-order valence-corrected chi connectivity index (χ2v) is 5.60. The summed E-state index contributed by atoms with van der Waals surface area (Å²) >= 11 is 0. The minimum atomic E-state index is 0.782. The van der Waals surface area contributed by atoms with Gasteiger partial charge in [-0.3, -0.25) is 4.90 Å². The third kappa shape index (κ3) is 4.50. The molecule has 0 aromatic heterocycles. The maximum Gasteiger partial charge on any atom is 0.123 e. The highest BCUT2D eigenvalue weighted by Gasteiger charge is 2.18. The molecular formula is C17H27NO2. The Morgan fingerprint density at radius 1 is 1.25 bits per heavy atom. The molecular weight excluding hydrogens is 250 g/mol. The van der Waals surface area contributed by atoms with Crippen LogP contribution in [0.5, 0.6) is 5.75 Å². The van der Waals surface area contributed by atoms with Crippen molar-refractivity contribution in [3.8, 4) is 5.75 Å². The number of nitrogens with zero attached hydrogens (tertiary/aromatic N) is 1. The average molecular weight is 277 g/mol. The van der Waals surface area contributed by atoms with Gasteiger partial charge in [-0.05, 0) is 37.8 Å². The molecule has 20 heavy (non-hydrogen) atoms. The minimum absolute atomic E-state index is 0.782. The molecule has 3 nitrogen and oxygen atoms in total. The average Bonchev–Trinajstić information content (AvgIpc) is 2.49. The molecule has 2 rings (SSSR count). The van der Waals surface area contributed by atoms with Crippen LogP contribution < -0.4 is 4.74 Å². The molecule has 1 aromatic carbocycles. The van der Waals surface area contributed by atoms with Crippen LogP contribution in [-0.4, -0.2) is 38.3 Å². The lowest BCUT2D eigenvalue weighted by Crippen LogP contribution is -2.32. The van der Waals surface area contributed by atoms with Crippen molar-refractivity contribution >= 4 is 0 Å². The van der Waals surface area contributed by atoms with E-state index in [-0.39, 0.29) is 0 Å². The standard InChI is InChI=1S/C17H27NO2/c1-3-10-18(13-15-8-11-20-12-9-15)14-16-6-4-5-7-17(16)19-2/h4-7,15H,3,8-14H2,1-2H3. The van der Waals surface area contributed by atoms with Crippen molar-refractivity contribution in [2.75, 3.05) is 33.4 Å². The van der Waals surface area contributed by atoms with E-state index in [9.17, 15) is 0 Å². The van der Waals surface area contributed by atoms with E-state index in [1.54, 1.807) is 7.11 Å². The highest BCUT2D eigenvalue weighted by Crippen LogP contribution is 2.22. The first kappa shape index (κ1) is 15.3. The van der Waals surface area contributed by atoms with Crippen LogP contribution in [0.3, 0.4) is 0 Å². The van der Waals surface area contributed by atoms with Crippen LogP contribution in [0.2, 0.25) is 0 Å². The fourth-order valence-electron chi connectivity index (χ4n) is 2.92. The summed E-state index contributed by atoms with van der Waals surface area (Å²) in [5.74, 6) is 1.78. The Labute approximate surface area is 122 Å². The molecule has 0 radical (unpaired) electrons. The molecule has 1 heterocycles. The van der Waals surface area contributed by atoms with E-state index in [0.29, 0.717) is 0 Å². The molecule has 0 amide bonds. The Kier molecular flexibility index (Phi) is 6.34. The van der Waals surface area contributed by atoms with E-state index in [0.717, 1.165) is 38.0 Å². The molecule has 0 atom stereocenters. The Bertz CT molecular complexity index is 388. The molecule has 0 bridgehead atoms. The largest absolute Gasteiger partial charge is 0.496 e. The molecule has 1 aromatic rings. The highest BCUT2D eigenvalue weighted by molar-refractivity contribution is 5.33. The summed E-state index contributed by atoms with van der Waals surface area (Å²) in [5.41, 5.74) is 1.29.